The number of hydrogen-bond acceptors (Lipinski definition) is 17. The van der Waals surface area contributed by atoms with Gasteiger partial charge >= 0.3 is 6.09 Å². The van der Waals surface area contributed by atoms with Gasteiger partial charge in [0.2, 0.25) is 0 Å². The van der Waals surface area contributed by atoms with E-state index in [0.717, 1.165) is 89.1 Å². The smallest absolute Gasteiger partial charge is 0.410 e. The van der Waals surface area contributed by atoms with Crippen LogP contribution in [-0.2, 0) is 58.3 Å². The Kier molecular flexibility index (Phi) is 16.6. The quantitative estimate of drug-likeness (QED) is 0.0544. The number of nitrogens with zero attached hydrogens (tertiary/aromatic N) is 13. The van der Waals surface area contributed by atoms with Crippen LogP contribution < -0.4 is 16.0 Å². The van der Waals surface area contributed by atoms with Gasteiger partial charge in [-0.05, 0) is 86.7 Å². The molecule has 3 N–H and O–H groups in total. The predicted molar refractivity (Wildman–Crippen MR) is 311 cm³/mol. The molecule has 8 heterocycles. The average molecular weight is 1160 g/mol. The largest absolute Gasteiger partial charge is 0.445 e. The molecule has 1 amide bonds. The van der Waals surface area contributed by atoms with Gasteiger partial charge < -0.3 is 25.6 Å². The summed E-state index contributed by atoms with van der Waals surface area (Å²) in [6.07, 6.45) is 20.8. The summed E-state index contributed by atoms with van der Waals surface area (Å²) >= 11 is 2.35. The van der Waals surface area contributed by atoms with Crippen molar-refractivity contribution in [3.8, 4) is 22.5 Å². The van der Waals surface area contributed by atoms with Crippen molar-refractivity contribution >= 4 is 81.7 Å². The Balaban J connectivity index is 0.000000186. The summed E-state index contributed by atoms with van der Waals surface area (Å²) in [5.41, 5.74) is 8.78. The molecule has 0 spiro atoms. The van der Waals surface area contributed by atoms with E-state index in [-0.39, 0.29) is 16.9 Å². The molecule has 2 saturated carbocycles. The number of aromatic nitrogens is 10. The van der Waals surface area contributed by atoms with Gasteiger partial charge in [-0.3, -0.25) is 18.2 Å². The first kappa shape index (κ1) is 56.2. The number of carbonyl (C=O) groups is 1. The molecule has 0 radical (unpaired) electrons. The third-order valence-corrected chi connectivity index (χ3v) is 20.9. The zero-order valence-electron chi connectivity index (χ0n) is 46.0. The van der Waals surface area contributed by atoms with E-state index in [4.69, 9.17) is 14.7 Å². The maximum atomic E-state index is 13.2. The average Bonchev–Trinajstić information content (AvgIpc) is 3.98. The third-order valence-electron chi connectivity index (χ3n) is 13.7. The number of thiophene rings is 2. The van der Waals surface area contributed by atoms with Crippen LogP contribution in [0.25, 0.3) is 33.8 Å². The van der Waals surface area contributed by atoms with Crippen LogP contribution >= 0.6 is 22.7 Å². The molecular weight excluding hydrogens is 1100 g/mol. The molecule has 2 fully saturated rings. The van der Waals surface area contributed by atoms with Gasteiger partial charge in [0.25, 0.3) is 20.0 Å². The van der Waals surface area contributed by atoms with Gasteiger partial charge in [0.1, 0.15) is 15.0 Å². The summed E-state index contributed by atoms with van der Waals surface area (Å²) in [4.78, 5) is 34.0. The number of hydrogen-bond donors (Lipinski definition) is 3. The van der Waals surface area contributed by atoms with Crippen LogP contribution in [0.1, 0.15) is 53.8 Å². The Hall–Kier alpha value is -7.07. The Labute approximate surface area is 473 Å². The third kappa shape index (κ3) is 12.9. The van der Waals surface area contributed by atoms with Crippen LogP contribution in [0.4, 0.5) is 26.4 Å². The van der Waals surface area contributed by atoms with Crippen molar-refractivity contribution in [3.05, 3.63) is 120 Å². The van der Waals surface area contributed by atoms with E-state index >= 15 is 0 Å². The van der Waals surface area contributed by atoms with Crippen molar-refractivity contribution in [1.82, 2.24) is 67.1 Å². The molecule has 11 rings (SSSR count). The summed E-state index contributed by atoms with van der Waals surface area (Å²) in [5, 5.41) is 20.2. The van der Waals surface area contributed by atoms with Gasteiger partial charge in [0.15, 0.2) is 22.9 Å². The lowest BCUT2D eigenvalue weighted by molar-refractivity contribution is 0.0947. The van der Waals surface area contributed by atoms with E-state index in [0.29, 0.717) is 73.7 Å². The summed E-state index contributed by atoms with van der Waals surface area (Å²) in [7, 11) is 2.74. The van der Waals surface area contributed by atoms with Gasteiger partial charge in [0, 0.05) is 111 Å². The number of ether oxygens (including phenoxy) is 1. The minimum atomic E-state index is -3.60. The second-order valence-electron chi connectivity index (χ2n) is 20.7. The monoisotopic (exact) mass is 1160 g/mol. The lowest BCUT2D eigenvalue weighted by Crippen LogP contribution is -2.35. The highest BCUT2D eigenvalue weighted by molar-refractivity contribution is 7.91. The lowest BCUT2D eigenvalue weighted by Gasteiger charge is -2.22. The van der Waals surface area contributed by atoms with E-state index in [9.17, 15) is 21.6 Å². The van der Waals surface area contributed by atoms with E-state index in [1.54, 1.807) is 46.6 Å². The normalized spacial score (nSPS) is 13.8. The van der Waals surface area contributed by atoms with Crippen LogP contribution in [0.2, 0.25) is 0 Å². The number of carbonyl (C=O) groups excluding carboxylic acids is 1. The van der Waals surface area contributed by atoms with Crippen LogP contribution in [0.5, 0.6) is 0 Å². The number of aryl methyl sites for hydroxylation is 4. The van der Waals surface area contributed by atoms with Crippen molar-refractivity contribution in [2.24, 2.45) is 25.9 Å². The standard InChI is InChI=1S/C31H36N8O4S2.C23H30N8O2S2/c1-21-14-27(44-30(21)45(41,42)36(2)3)35-28-29-32-16-26(24-15-33-37(4)18-24)39(29)19-25(34-28)12-13-38(17-22-10-11-22)31(40)43-20-23-8-6-5-7-9-23;1-15-9-20(34-23(15)35(32,33)29(2)3)28-21-22-25-12-19(17-11-26-30(4)13-17)31(22)14-18(27-21)7-8-24-10-16-5-6-16/h5-9,14-16,18-19,22H,10-13,17,20H2,1-4H3,(H,34,35);9,11-14,16,24H,5-8,10H2,1-4H3,(H,27,28). The second-order valence-corrected chi connectivity index (χ2v) is 27.5. The Bertz CT molecular complexity index is 3890. The van der Waals surface area contributed by atoms with Crippen LogP contribution in [0.15, 0.2) is 100 Å². The number of nitrogens with one attached hydrogen (secondary N) is 3. The Morgan fingerprint density at radius 3 is 1.65 bits per heavy atom. The van der Waals surface area contributed by atoms with Gasteiger partial charge in [-0.2, -0.15) is 10.2 Å². The van der Waals surface area contributed by atoms with Crippen molar-refractivity contribution in [2.75, 3.05) is 65.0 Å². The summed E-state index contributed by atoms with van der Waals surface area (Å²) in [6, 6.07) is 13.3. The molecule has 22 nitrogen and oxygen atoms in total. The molecule has 26 heteroatoms. The van der Waals surface area contributed by atoms with Gasteiger partial charge in [-0.15, -0.1) is 22.7 Å². The minimum Gasteiger partial charge on any atom is -0.445 e. The molecule has 9 aromatic rings. The second kappa shape index (κ2) is 23.6. The number of amides is 1. The Morgan fingerprint density at radius 2 is 1.19 bits per heavy atom. The number of fused-ring (bicyclic) bond motifs is 2. The molecule has 0 saturated heterocycles. The minimum absolute atomic E-state index is 0.217. The number of anilines is 4. The first-order valence-electron chi connectivity index (χ1n) is 26.3. The van der Waals surface area contributed by atoms with E-state index < -0.39 is 20.0 Å². The van der Waals surface area contributed by atoms with Crippen LogP contribution in [0, 0.1) is 25.7 Å². The zero-order valence-corrected chi connectivity index (χ0v) is 49.3. The predicted octanol–water partition coefficient (Wildman–Crippen LogP) is 8.12. The van der Waals surface area contributed by atoms with Gasteiger partial charge in [-0.1, -0.05) is 30.3 Å². The Morgan fingerprint density at radius 1 is 0.688 bits per heavy atom. The van der Waals surface area contributed by atoms with Crippen molar-refractivity contribution in [2.45, 2.75) is 67.4 Å². The molecular formula is C54H66N16O6S4. The molecule has 1 aromatic carbocycles. The van der Waals surface area contributed by atoms with E-state index in [2.05, 4.69) is 36.1 Å². The molecule has 422 valence electrons. The molecule has 0 bridgehead atoms. The molecule has 0 aliphatic heterocycles. The highest BCUT2D eigenvalue weighted by atomic mass is 32.3. The number of sulfonamides is 2. The van der Waals surface area contributed by atoms with Crippen LogP contribution in [0.3, 0.4) is 0 Å². The van der Waals surface area contributed by atoms with Crippen molar-refractivity contribution in [3.63, 3.8) is 0 Å². The maximum absolute atomic E-state index is 13.2. The topological polar surface area (TPSA) is 236 Å². The number of rotatable bonds is 22. The fraction of sp³-hybridized carbons (Fsp3) is 0.389. The molecule has 2 aliphatic carbocycles. The first-order chi connectivity index (χ1) is 38.3. The maximum Gasteiger partial charge on any atom is 0.410 e. The summed E-state index contributed by atoms with van der Waals surface area (Å²) in [5.74, 6) is 2.39. The van der Waals surface area contributed by atoms with E-state index in [1.807, 2.05) is 96.5 Å². The van der Waals surface area contributed by atoms with Gasteiger partial charge in [-0.25, -0.2) is 50.2 Å². The lowest BCUT2D eigenvalue weighted by atomic mass is 10.2. The molecule has 80 heavy (non-hydrogen) atoms. The molecule has 8 aromatic heterocycles. The highest BCUT2D eigenvalue weighted by Gasteiger charge is 2.29. The molecule has 0 unspecified atom stereocenters. The van der Waals surface area contributed by atoms with Crippen molar-refractivity contribution in [1.29, 1.82) is 0 Å². The SMILES string of the molecule is Cc1cc(Nc2nc(CCN(CC3CC3)C(=O)OCc3ccccc3)cn3c(-c4cnn(C)c4)cnc23)sc1S(=O)(=O)N(C)C.Cc1cc(Nc2nc(CCNCC3CC3)cn3c(-c4cnn(C)c4)cnc23)sc1S(=O)(=O)N(C)C. The first-order valence-corrected chi connectivity index (χ1v) is 30.8. The fourth-order valence-electron chi connectivity index (χ4n) is 8.92. The van der Waals surface area contributed by atoms with Crippen LogP contribution in [-0.4, -0.2) is 139 Å². The zero-order chi connectivity index (χ0) is 56.5. The molecule has 2 aliphatic rings. The highest BCUT2D eigenvalue weighted by Crippen LogP contribution is 2.37. The fourth-order valence-corrected chi connectivity index (χ4v) is 14.4. The van der Waals surface area contributed by atoms with Crippen molar-refractivity contribution < 1.29 is 26.4 Å². The van der Waals surface area contributed by atoms with E-state index in [1.165, 1.54) is 61.0 Å². The summed E-state index contributed by atoms with van der Waals surface area (Å²) < 4.78 is 67.4. The summed E-state index contributed by atoms with van der Waals surface area (Å²) in [6.45, 7) is 6.77. The van der Waals surface area contributed by atoms with Gasteiger partial charge in [0.05, 0.1) is 57.6 Å². The number of imidazole rings is 2. The number of benzene rings is 1. The molecule has 0 atom stereocenters.